The zero-order valence-corrected chi connectivity index (χ0v) is 19.8. The van der Waals surface area contributed by atoms with Gasteiger partial charge in [0, 0.05) is 29.5 Å². The van der Waals surface area contributed by atoms with Crippen LogP contribution in [0, 0.1) is 11.3 Å². The van der Waals surface area contributed by atoms with Crippen LogP contribution in [-0.4, -0.2) is 49.1 Å². The van der Waals surface area contributed by atoms with Gasteiger partial charge in [0.25, 0.3) is 0 Å². The molecular weight excluding hydrogens is 472 g/mol. The first-order valence-electron chi connectivity index (χ1n) is 10.0. The van der Waals surface area contributed by atoms with Crippen LogP contribution in [0.1, 0.15) is 6.42 Å². The summed E-state index contributed by atoms with van der Waals surface area (Å²) in [5.74, 6) is 0.774. The smallest absolute Gasteiger partial charge is 0.212 e. The number of guanidine groups is 1. The maximum absolute atomic E-state index is 9.56. The molecular formula is C23H23BrN6S. The third-order valence-electron chi connectivity index (χ3n) is 5.00. The van der Waals surface area contributed by atoms with Gasteiger partial charge in [-0.2, -0.15) is 5.26 Å². The van der Waals surface area contributed by atoms with Crippen molar-refractivity contribution in [1.29, 1.82) is 5.26 Å². The summed E-state index contributed by atoms with van der Waals surface area (Å²) in [7, 11) is 4.12. The largest absolute Gasteiger partial charge is 0.311 e. The number of aliphatic imine (C=N–C) groups is 1. The molecule has 0 bridgehead atoms. The van der Waals surface area contributed by atoms with Crippen LogP contribution in [0.2, 0.25) is 0 Å². The van der Waals surface area contributed by atoms with Gasteiger partial charge in [-0.3, -0.25) is 4.90 Å². The van der Waals surface area contributed by atoms with E-state index in [-0.39, 0.29) is 6.04 Å². The summed E-state index contributed by atoms with van der Waals surface area (Å²) < 4.78 is 1.98. The van der Waals surface area contributed by atoms with Crippen molar-refractivity contribution in [2.75, 3.05) is 37.0 Å². The highest BCUT2D eigenvalue weighted by molar-refractivity contribution is 9.11. The zero-order valence-electron chi connectivity index (χ0n) is 17.4. The second-order valence-corrected chi connectivity index (χ2v) is 9.37. The molecule has 0 N–H and O–H groups in total. The van der Waals surface area contributed by atoms with Crippen molar-refractivity contribution in [2.45, 2.75) is 12.5 Å². The molecule has 8 heteroatoms. The van der Waals surface area contributed by atoms with Gasteiger partial charge in [0.1, 0.15) is 0 Å². The molecule has 0 saturated carbocycles. The highest BCUT2D eigenvalue weighted by atomic mass is 79.9. The van der Waals surface area contributed by atoms with Crippen molar-refractivity contribution in [1.82, 2.24) is 9.88 Å². The molecule has 0 amide bonds. The number of halogens is 1. The van der Waals surface area contributed by atoms with Crippen LogP contribution < -0.4 is 9.80 Å². The molecule has 3 aromatic rings. The topological polar surface area (TPSA) is 58.8 Å². The number of nitriles is 1. The van der Waals surface area contributed by atoms with Crippen LogP contribution in [-0.2, 0) is 0 Å². The highest BCUT2D eigenvalue weighted by Gasteiger charge is 2.34. The van der Waals surface area contributed by atoms with Crippen molar-refractivity contribution in [2.24, 2.45) is 4.99 Å². The number of anilines is 2. The van der Waals surface area contributed by atoms with E-state index in [0.29, 0.717) is 6.42 Å². The van der Waals surface area contributed by atoms with Crippen LogP contribution in [0.15, 0.2) is 70.3 Å². The first-order valence-corrected chi connectivity index (χ1v) is 11.6. The second-order valence-electron chi connectivity index (χ2n) is 7.45. The molecule has 158 valence electrons. The monoisotopic (exact) mass is 494 g/mol. The molecule has 1 aromatic heterocycles. The van der Waals surface area contributed by atoms with Crippen molar-refractivity contribution < 1.29 is 0 Å². The number of para-hydroxylation sites is 2. The highest BCUT2D eigenvalue weighted by Crippen LogP contribution is 2.36. The Morgan fingerprint density at radius 3 is 2.55 bits per heavy atom. The number of benzene rings is 2. The zero-order chi connectivity index (χ0) is 21.8. The van der Waals surface area contributed by atoms with Gasteiger partial charge in [-0.15, -0.1) is 0 Å². The molecule has 0 radical (unpaired) electrons. The lowest BCUT2D eigenvalue weighted by atomic mass is 10.1. The molecule has 4 rings (SSSR count). The summed E-state index contributed by atoms with van der Waals surface area (Å²) in [6.45, 7) is 1.61. The Bertz CT molecular complexity index is 1110. The summed E-state index contributed by atoms with van der Waals surface area (Å²) in [4.78, 5) is 16.2. The van der Waals surface area contributed by atoms with Crippen LogP contribution in [0.25, 0.3) is 10.2 Å². The number of likely N-dealkylation sites (N-methyl/N-ethyl adjacent to an activating group) is 1. The molecule has 6 nitrogen and oxygen atoms in total. The van der Waals surface area contributed by atoms with E-state index in [4.69, 9.17) is 9.98 Å². The minimum Gasteiger partial charge on any atom is -0.311 e. The fourth-order valence-corrected chi connectivity index (χ4v) is 4.92. The van der Waals surface area contributed by atoms with Gasteiger partial charge >= 0.3 is 0 Å². The van der Waals surface area contributed by atoms with E-state index in [1.807, 2.05) is 42.6 Å². The number of hydrogen-bond donors (Lipinski definition) is 0. The van der Waals surface area contributed by atoms with Crippen molar-refractivity contribution in [3.63, 3.8) is 0 Å². The van der Waals surface area contributed by atoms with E-state index >= 15 is 0 Å². The quantitative estimate of drug-likeness (QED) is 0.479. The number of nitrogens with zero attached hydrogens (tertiary/aromatic N) is 6. The number of rotatable bonds is 6. The molecule has 0 saturated heterocycles. The van der Waals surface area contributed by atoms with Crippen molar-refractivity contribution >= 4 is 54.3 Å². The standard InChI is InChI=1S/C23H23BrN6S/c1-28(2)14-15-29(17-8-4-3-5-9-17)22-26-16-18(24)20(12-13-25)30(22)23-27-19-10-6-7-11-21(19)31-23/h3-11,16,20H,12,14-15H2,1-2H3. The molecule has 1 atom stereocenters. The van der Waals surface area contributed by atoms with E-state index in [0.717, 1.165) is 44.6 Å². The third kappa shape index (κ3) is 4.64. The fraction of sp³-hybridized carbons (Fsp3) is 0.261. The van der Waals surface area contributed by atoms with E-state index in [9.17, 15) is 5.26 Å². The molecule has 0 spiro atoms. The Kier molecular flexibility index (Phi) is 6.66. The molecule has 1 aliphatic rings. The van der Waals surface area contributed by atoms with Crippen molar-refractivity contribution in [3.8, 4) is 6.07 Å². The van der Waals surface area contributed by atoms with E-state index < -0.39 is 0 Å². The SMILES string of the molecule is CN(C)CCN(C1=NC=C(Br)C(CC#N)N1c1nc2ccccc2s1)c1ccccc1. The average Bonchev–Trinajstić information content (AvgIpc) is 3.20. The van der Waals surface area contributed by atoms with Crippen LogP contribution in [0.4, 0.5) is 10.8 Å². The summed E-state index contributed by atoms with van der Waals surface area (Å²) in [5.41, 5.74) is 2.00. The Hall–Kier alpha value is -2.73. The Labute approximate surface area is 194 Å². The lowest BCUT2D eigenvalue weighted by molar-refractivity contribution is 0.419. The van der Waals surface area contributed by atoms with Crippen LogP contribution in [0.3, 0.4) is 0 Å². The minimum absolute atomic E-state index is 0.191. The molecule has 1 unspecified atom stereocenters. The number of fused-ring (bicyclic) bond motifs is 1. The first-order chi connectivity index (χ1) is 15.1. The van der Waals surface area contributed by atoms with E-state index in [2.05, 4.69) is 69.0 Å². The maximum Gasteiger partial charge on any atom is 0.212 e. The number of hydrogen-bond acceptors (Lipinski definition) is 7. The normalized spacial score (nSPS) is 16.2. The average molecular weight is 495 g/mol. The summed E-state index contributed by atoms with van der Waals surface area (Å²) >= 11 is 5.26. The van der Waals surface area contributed by atoms with Crippen LogP contribution in [0.5, 0.6) is 0 Å². The molecule has 0 fully saturated rings. The Morgan fingerprint density at radius 1 is 1.10 bits per heavy atom. The lowest BCUT2D eigenvalue weighted by Crippen LogP contribution is -2.52. The second kappa shape index (κ2) is 9.60. The summed E-state index contributed by atoms with van der Waals surface area (Å²) in [5, 5.41) is 10.4. The molecule has 2 aromatic carbocycles. The van der Waals surface area contributed by atoms with Gasteiger partial charge in [-0.05, 0) is 38.4 Å². The van der Waals surface area contributed by atoms with Gasteiger partial charge in [-0.1, -0.05) is 57.6 Å². The predicted octanol–water partition coefficient (Wildman–Crippen LogP) is 5.06. The lowest BCUT2D eigenvalue weighted by Gasteiger charge is -2.39. The van der Waals surface area contributed by atoms with Gasteiger partial charge in [-0.25, -0.2) is 9.98 Å². The summed E-state index contributed by atoms with van der Waals surface area (Å²) in [6, 6.07) is 20.5. The number of thiazole rings is 1. The number of aromatic nitrogens is 1. The summed E-state index contributed by atoms with van der Waals surface area (Å²) in [6.07, 6.45) is 2.13. The van der Waals surface area contributed by atoms with Crippen LogP contribution >= 0.6 is 27.3 Å². The van der Waals surface area contributed by atoms with Gasteiger partial charge < -0.3 is 9.80 Å². The van der Waals surface area contributed by atoms with Gasteiger partial charge in [0.05, 0.1) is 28.7 Å². The molecule has 0 aliphatic carbocycles. The van der Waals surface area contributed by atoms with Crippen molar-refractivity contribution in [3.05, 3.63) is 65.3 Å². The Morgan fingerprint density at radius 2 is 1.84 bits per heavy atom. The molecule has 31 heavy (non-hydrogen) atoms. The third-order valence-corrected chi connectivity index (χ3v) is 6.77. The predicted molar refractivity (Wildman–Crippen MR) is 133 cm³/mol. The molecule has 2 heterocycles. The fourth-order valence-electron chi connectivity index (χ4n) is 3.44. The first kappa shape index (κ1) is 21.5. The minimum atomic E-state index is -0.191. The molecule has 1 aliphatic heterocycles. The van der Waals surface area contributed by atoms with Gasteiger partial charge in [0.2, 0.25) is 5.96 Å². The van der Waals surface area contributed by atoms with Gasteiger partial charge in [0.15, 0.2) is 5.13 Å². The Balaban J connectivity index is 1.83. The van der Waals surface area contributed by atoms with E-state index in [1.54, 1.807) is 11.3 Å². The maximum atomic E-state index is 9.56. The van der Waals surface area contributed by atoms with E-state index in [1.165, 1.54) is 0 Å².